The molecule has 4 heteroatoms. The largest absolute Gasteiger partial charge is 0.397 e. The highest BCUT2D eigenvalue weighted by Gasteiger charge is 2.11. The molecule has 0 aromatic carbocycles. The fraction of sp³-hybridized carbons (Fsp3) is 0.615. The number of nitrogens with zero attached hydrogens (tertiary/aromatic N) is 1. The van der Waals surface area contributed by atoms with Gasteiger partial charge < -0.3 is 15.6 Å². The quantitative estimate of drug-likeness (QED) is 0.745. The van der Waals surface area contributed by atoms with Crippen molar-refractivity contribution in [3.8, 4) is 0 Å². The number of carbonyl (C=O) groups excluding carboxylic acids is 1. The number of nitrogen functional groups attached to an aromatic ring is 1. The van der Waals surface area contributed by atoms with Gasteiger partial charge >= 0.3 is 0 Å². The maximum atomic E-state index is 11.9. The van der Waals surface area contributed by atoms with E-state index in [9.17, 15) is 4.79 Å². The average Bonchev–Trinajstić information content (AvgIpc) is 2.65. The van der Waals surface area contributed by atoms with Gasteiger partial charge in [-0.25, -0.2) is 0 Å². The lowest BCUT2D eigenvalue weighted by Gasteiger charge is -2.08. The van der Waals surface area contributed by atoms with Crippen LogP contribution >= 0.6 is 0 Å². The Morgan fingerprint density at radius 3 is 2.82 bits per heavy atom. The summed E-state index contributed by atoms with van der Waals surface area (Å²) in [4.78, 5) is 11.9. The van der Waals surface area contributed by atoms with Crippen molar-refractivity contribution in [2.75, 3.05) is 12.3 Å². The molecular formula is C13H23N3O. The van der Waals surface area contributed by atoms with Gasteiger partial charge in [-0.05, 0) is 31.7 Å². The standard InChI is InChI=1S/C13H23N3O/c1-4-16-9-11(14)8-12(16)13(17)15-7-5-6-10(2)3/h8-10H,4-7,14H2,1-3H3,(H,15,17). The highest BCUT2D eigenvalue weighted by molar-refractivity contribution is 5.93. The van der Waals surface area contributed by atoms with Crippen LogP contribution in [0.15, 0.2) is 12.3 Å². The molecule has 0 radical (unpaired) electrons. The van der Waals surface area contributed by atoms with Gasteiger partial charge in [-0.2, -0.15) is 0 Å². The summed E-state index contributed by atoms with van der Waals surface area (Å²) in [5.74, 6) is 0.648. The molecule has 0 atom stereocenters. The van der Waals surface area contributed by atoms with E-state index in [-0.39, 0.29) is 5.91 Å². The highest BCUT2D eigenvalue weighted by Crippen LogP contribution is 2.10. The fourth-order valence-corrected chi connectivity index (χ4v) is 1.79. The van der Waals surface area contributed by atoms with Crippen LogP contribution in [0, 0.1) is 5.92 Å². The Labute approximate surface area is 103 Å². The summed E-state index contributed by atoms with van der Waals surface area (Å²) in [6.45, 7) is 7.85. The van der Waals surface area contributed by atoms with Crippen LogP contribution in [0.1, 0.15) is 44.1 Å². The molecule has 1 heterocycles. The van der Waals surface area contributed by atoms with Crippen molar-refractivity contribution < 1.29 is 4.79 Å². The molecule has 3 N–H and O–H groups in total. The van der Waals surface area contributed by atoms with E-state index in [1.165, 1.54) is 0 Å². The van der Waals surface area contributed by atoms with Crippen LogP contribution in [0.3, 0.4) is 0 Å². The molecular weight excluding hydrogens is 214 g/mol. The molecule has 1 rings (SSSR count). The maximum absolute atomic E-state index is 11.9. The van der Waals surface area contributed by atoms with Crippen LogP contribution in [0.5, 0.6) is 0 Å². The SMILES string of the molecule is CCn1cc(N)cc1C(=O)NCCCC(C)C. The van der Waals surface area contributed by atoms with Gasteiger partial charge in [0.15, 0.2) is 0 Å². The predicted octanol–water partition coefficient (Wildman–Crippen LogP) is 2.26. The minimum atomic E-state index is -0.0349. The monoisotopic (exact) mass is 237 g/mol. The van der Waals surface area contributed by atoms with Crippen LogP contribution in [0.2, 0.25) is 0 Å². The van der Waals surface area contributed by atoms with Gasteiger partial charge in [0, 0.05) is 19.3 Å². The second-order valence-corrected chi connectivity index (χ2v) is 4.74. The second kappa shape index (κ2) is 6.33. The van der Waals surface area contributed by atoms with Gasteiger partial charge in [-0.3, -0.25) is 4.79 Å². The Hall–Kier alpha value is -1.45. The van der Waals surface area contributed by atoms with Crippen molar-refractivity contribution in [2.24, 2.45) is 5.92 Å². The number of hydrogen-bond acceptors (Lipinski definition) is 2. The van der Waals surface area contributed by atoms with Gasteiger partial charge in [0.2, 0.25) is 0 Å². The van der Waals surface area contributed by atoms with Gasteiger partial charge in [-0.1, -0.05) is 13.8 Å². The van der Waals surface area contributed by atoms with Crippen LogP contribution < -0.4 is 11.1 Å². The van der Waals surface area contributed by atoms with E-state index in [4.69, 9.17) is 5.73 Å². The normalized spacial score (nSPS) is 10.8. The Morgan fingerprint density at radius 1 is 1.53 bits per heavy atom. The van der Waals surface area contributed by atoms with Crippen molar-refractivity contribution in [1.29, 1.82) is 0 Å². The van der Waals surface area contributed by atoms with Gasteiger partial charge in [0.25, 0.3) is 5.91 Å². The number of carbonyl (C=O) groups is 1. The van der Waals surface area contributed by atoms with E-state index < -0.39 is 0 Å². The smallest absolute Gasteiger partial charge is 0.267 e. The topological polar surface area (TPSA) is 60.0 Å². The zero-order chi connectivity index (χ0) is 12.8. The fourth-order valence-electron chi connectivity index (χ4n) is 1.79. The Balaban J connectivity index is 2.46. The summed E-state index contributed by atoms with van der Waals surface area (Å²) in [6.07, 6.45) is 3.95. The van der Waals surface area contributed by atoms with E-state index in [1.807, 2.05) is 11.5 Å². The summed E-state index contributed by atoms with van der Waals surface area (Å²) in [7, 11) is 0. The summed E-state index contributed by atoms with van der Waals surface area (Å²) in [5.41, 5.74) is 6.97. The molecule has 96 valence electrons. The lowest BCUT2D eigenvalue weighted by molar-refractivity contribution is 0.0943. The number of rotatable bonds is 6. The summed E-state index contributed by atoms with van der Waals surface area (Å²) < 4.78 is 1.87. The molecule has 17 heavy (non-hydrogen) atoms. The third kappa shape index (κ3) is 4.13. The Morgan fingerprint density at radius 2 is 2.24 bits per heavy atom. The van der Waals surface area contributed by atoms with E-state index in [0.29, 0.717) is 17.3 Å². The predicted molar refractivity (Wildman–Crippen MR) is 70.9 cm³/mol. The van der Waals surface area contributed by atoms with E-state index >= 15 is 0 Å². The van der Waals surface area contributed by atoms with Gasteiger partial charge in [-0.15, -0.1) is 0 Å². The first kappa shape index (κ1) is 13.6. The zero-order valence-corrected chi connectivity index (χ0v) is 11.0. The molecule has 0 fully saturated rings. The first-order valence-corrected chi connectivity index (χ1v) is 6.28. The third-order valence-electron chi connectivity index (χ3n) is 2.73. The third-order valence-corrected chi connectivity index (χ3v) is 2.73. The highest BCUT2D eigenvalue weighted by atomic mass is 16.1. The molecule has 1 amide bonds. The number of anilines is 1. The van der Waals surface area contributed by atoms with Gasteiger partial charge in [0.1, 0.15) is 5.69 Å². The van der Waals surface area contributed by atoms with Gasteiger partial charge in [0.05, 0.1) is 5.69 Å². The number of nitrogens with two attached hydrogens (primary N) is 1. The van der Waals surface area contributed by atoms with E-state index in [2.05, 4.69) is 19.2 Å². The first-order chi connectivity index (χ1) is 8.04. The van der Waals surface area contributed by atoms with Crippen molar-refractivity contribution in [1.82, 2.24) is 9.88 Å². The minimum Gasteiger partial charge on any atom is -0.397 e. The molecule has 1 aromatic heterocycles. The summed E-state index contributed by atoms with van der Waals surface area (Å²) in [6, 6.07) is 1.72. The molecule has 0 saturated carbocycles. The Kier molecular flexibility index (Phi) is 5.07. The minimum absolute atomic E-state index is 0.0349. The average molecular weight is 237 g/mol. The van der Waals surface area contributed by atoms with Crippen molar-refractivity contribution in [3.63, 3.8) is 0 Å². The molecule has 4 nitrogen and oxygen atoms in total. The first-order valence-electron chi connectivity index (χ1n) is 6.28. The molecule has 0 aliphatic heterocycles. The molecule has 0 spiro atoms. The molecule has 0 aliphatic rings. The van der Waals surface area contributed by atoms with Crippen molar-refractivity contribution in [2.45, 2.75) is 40.2 Å². The number of aromatic nitrogens is 1. The number of aryl methyl sites for hydroxylation is 1. The van der Waals surface area contributed by atoms with Crippen LogP contribution in [0.4, 0.5) is 5.69 Å². The number of hydrogen-bond donors (Lipinski definition) is 2. The zero-order valence-electron chi connectivity index (χ0n) is 11.0. The summed E-state index contributed by atoms with van der Waals surface area (Å²) in [5, 5.41) is 2.93. The molecule has 0 aliphatic carbocycles. The molecule has 0 unspecified atom stereocenters. The van der Waals surface area contributed by atoms with Crippen LogP contribution in [-0.2, 0) is 6.54 Å². The Bertz CT molecular complexity index is 369. The number of amides is 1. The second-order valence-electron chi connectivity index (χ2n) is 4.74. The molecule has 0 bridgehead atoms. The van der Waals surface area contributed by atoms with Crippen LogP contribution in [-0.4, -0.2) is 17.0 Å². The summed E-state index contributed by atoms with van der Waals surface area (Å²) >= 11 is 0. The lowest BCUT2D eigenvalue weighted by atomic mass is 10.1. The number of nitrogens with one attached hydrogen (secondary N) is 1. The lowest BCUT2D eigenvalue weighted by Crippen LogP contribution is -2.26. The van der Waals surface area contributed by atoms with Crippen molar-refractivity contribution >= 4 is 11.6 Å². The van der Waals surface area contributed by atoms with Crippen molar-refractivity contribution in [3.05, 3.63) is 18.0 Å². The molecule has 0 saturated heterocycles. The molecule has 1 aromatic rings. The maximum Gasteiger partial charge on any atom is 0.267 e. The van der Waals surface area contributed by atoms with E-state index in [1.54, 1.807) is 12.3 Å². The van der Waals surface area contributed by atoms with Crippen LogP contribution in [0.25, 0.3) is 0 Å². The van der Waals surface area contributed by atoms with E-state index in [0.717, 1.165) is 25.9 Å².